The number of benzene rings is 3. The van der Waals surface area contributed by atoms with Crippen LogP contribution in [0.3, 0.4) is 0 Å². The number of ketones is 1. The SMILES string of the molecule is O=C(CC(Sc1cccc(Cl)c1Cl)c1ccccc1)c1ccccc1. The average Bonchev–Trinajstić information content (AvgIpc) is 2.66. The highest BCUT2D eigenvalue weighted by atomic mass is 35.5. The Balaban J connectivity index is 1.88. The van der Waals surface area contributed by atoms with E-state index in [-0.39, 0.29) is 11.0 Å². The molecule has 0 N–H and O–H groups in total. The first-order valence-corrected chi connectivity index (χ1v) is 9.52. The Morgan fingerprint density at radius 1 is 0.840 bits per heavy atom. The first-order valence-electron chi connectivity index (χ1n) is 7.89. The van der Waals surface area contributed by atoms with Gasteiger partial charge in [0.1, 0.15) is 0 Å². The summed E-state index contributed by atoms with van der Waals surface area (Å²) in [7, 11) is 0. The fourth-order valence-corrected chi connectivity index (χ4v) is 4.23. The summed E-state index contributed by atoms with van der Waals surface area (Å²) >= 11 is 14.0. The van der Waals surface area contributed by atoms with E-state index in [4.69, 9.17) is 23.2 Å². The Morgan fingerprint density at radius 3 is 2.16 bits per heavy atom. The van der Waals surface area contributed by atoms with Crippen LogP contribution in [0.15, 0.2) is 83.8 Å². The van der Waals surface area contributed by atoms with E-state index in [0.29, 0.717) is 16.5 Å². The van der Waals surface area contributed by atoms with Crippen LogP contribution in [0.25, 0.3) is 0 Å². The van der Waals surface area contributed by atoms with E-state index >= 15 is 0 Å². The van der Waals surface area contributed by atoms with Crippen LogP contribution in [0, 0.1) is 0 Å². The quantitative estimate of drug-likeness (QED) is 0.331. The van der Waals surface area contributed by atoms with Crippen LogP contribution in [0.4, 0.5) is 0 Å². The molecule has 0 spiro atoms. The van der Waals surface area contributed by atoms with Gasteiger partial charge in [-0.2, -0.15) is 0 Å². The maximum Gasteiger partial charge on any atom is 0.164 e. The standard InChI is InChI=1S/C21H16Cl2OS/c22-17-12-7-13-19(21(17)23)25-20(16-10-5-2-6-11-16)14-18(24)15-8-3-1-4-9-15/h1-13,20H,14H2. The van der Waals surface area contributed by atoms with Gasteiger partial charge in [-0.1, -0.05) is 89.9 Å². The number of Topliss-reactive ketones (excluding diaryl/α,β-unsaturated/α-hetero) is 1. The lowest BCUT2D eigenvalue weighted by molar-refractivity contribution is 0.0982. The van der Waals surface area contributed by atoms with Crippen molar-refractivity contribution < 1.29 is 4.79 Å². The van der Waals surface area contributed by atoms with E-state index in [1.54, 1.807) is 17.8 Å². The van der Waals surface area contributed by atoms with Gasteiger partial charge in [0.2, 0.25) is 0 Å². The summed E-state index contributed by atoms with van der Waals surface area (Å²) in [4.78, 5) is 13.6. The molecular weight excluding hydrogens is 371 g/mol. The van der Waals surface area contributed by atoms with E-state index in [0.717, 1.165) is 16.0 Å². The summed E-state index contributed by atoms with van der Waals surface area (Å²) < 4.78 is 0. The van der Waals surface area contributed by atoms with Gasteiger partial charge < -0.3 is 0 Å². The largest absolute Gasteiger partial charge is 0.294 e. The van der Waals surface area contributed by atoms with Crippen molar-refractivity contribution in [1.29, 1.82) is 0 Å². The molecule has 0 radical (unpaired) electrons. The van der Waals surface area contributed by atoms with Crippen LogP contribution in [-0.2, 0) is 0 Å². The number of carbonyl (C=O) groups excluding carboxylic acids is 1. The highest BCUT2D eigenvalue weighted by Crippen LogP contribution is 2.43. The Hall–Kier alpha value is -1.74. The number of carbonyl (C=O) groups is 1. The number of thioether (sulfide) groups is 1. The van der Waals surface area contributed by atoms with Crippen LogP contribution in [0.2, 0.25) is 10.0 Å². The molecule has 3 aromatic carbocycles. The summed E-state index contributed by atoms with van der Waals surface area (Å²) in [5.74, 6) is 0.111. The smallest absolute Gasteiger partial charge is 0.164 e. The first kappa shape index (κ1) is 18.1. The van der Waals surface area contributed by atoms with Gasteiger partial charge >= 0.3 is 0 Å². The minimum atomic E-state index is -0.0372. The summed E-state index contributed by atoms with van der Waals surface area (Å²) in [6.07, 6.45) is 0.390. The summed E-state index contributed by atoms with van der Waals surface area (Å²) in [6, 6.07) is 24.9. The monoisotopic (exact) mass is 386 g/mol. The van der Waals surface area contributed by atoms with Crippen molar-refractivity contribution in [3.63, 3.8) is 0 Å². The molecule has 0 aromatic heterocycles. The summed E-state index contributed by atoms with van der Waals surface area (Å²) in [6.45, 7) is 0. The minimum Gasteiger partial charge on any atom is -0.294 e. The molecule has 0 fully saturated rings. The molecule has 0 heterocycles. The topological polar surface area (TPSA) is 17.1 Å². The molecular formula is C21H16Cl2OS. The van der Waals surface area contributed by atoms with Gasteiger partial charge in [0.15, 0.2) is 5.78 Å². The van der Waals surface area contributed by atoms with Crippen molar-refractivity contribution in [2.24, 2.45) is 0 Å². The van der Waals surface area contributed by atoms with Crippen molar-refractivity contribution in [2.75, 3.05) is 0 Å². The zero-order chi connectivity index (χ0) is 17.6. The number of halogens is 2. The van der Waals surface area contributed by atoms with Crippen molar-refractivity contribution >= 4 is 40.7 Å². The summed E-state index contributed by atoms with van der Waals surface area (Å²) in [5.41, 5.74) is 1.81. The van der Waals surface area contributed by atoms with Crippen LogP contribution in [-0.4, -0.2) is 5.78 Å². The molecule has 0 amide bonds. The average molecular weight is 387 g/mol. The molecule has 0 aliphatic carbocycles. The lowest BCUT2D eigenvalue weighted by atomic mass is 10.0. The Morgan fingerprint density at radius 2 is 1.48 bits per heavy atom. The molecule has 1 atom stereocenters. The lowest BCUT2D eigenvalue weighted by Crippen LogP contribution is -2.05. The van der Waals surface area contributed by atoms with E-state index in [2.05, 4.69) is 0 Å². The Kier molecular flexibility index (Phi) is 6.19. The second-order valence-corrected chi connectivity index (χ2v) is 7.59. The number of rotatable bonds is 6. The highest BCUT2D eigenvalue weighted by Gasteiger charge is 2.20. The van der Waals surface area contributed by atoms with Crippen LogP contribution < -0.4 is 0 Å². The second-order valence-electron chi connectivity index (χ2n) is 5.56. The normalized spacial score (nSPS) is 11.9. The molecule has 4 heteroatoms. The molecule has 1 unspecified atom stereocenters. The van der Waals surface area contributed by atoms with Crippen LogP contribution >= 0.6 is 35.0 Å². The molecule has 0 saturated carbocycles. The zero-order valence-corrected chi connectivity index (χ0v) is 15.7. The molecule has 3 rings (SSSR count). The molecule has 3 aromatic rings. The van der Waals surface area contributed by atoms with E-state index in [9.17, 15) is 4.79 Å². The third-order valence-corrected chi connectivity index (χ3v) is 6.07. The van der Waals surface area contributed by atoms with Gasteiger partial charge in [-0.05, 0) is 17.7 Å². The van der Waals surface area contributed by atoms with E-state index < -0.39 is 0 Å². The maximum absolute atomic E-state index is 12.7. The molecule has 1 nitrogen and oxygen atoms in total. The molecule has 0 aliphatic rings. The maximum atomic E-state index is 12.7. The molecule has 126 valence electrons. The van der Waals surface area contributed by atoms with Gasteiger partial charge in [-0.25, -0.2) is 0 Å². The Bertz CT molecular complexity index is 850. The Labute approximate surface area is 162 Å². The highest BCUT2D eigenvalue weighted by molar-refractivity contribution is 7.99. The second kappa shape index (κ2) is 8.57. The number of hydrogen-bond donors (Lipinski definition) is 0. The van der Waals surface area contributed by atoms with Crippen molar-refractivity contribution in [1.82, 2.24) is 0 Å². The third-order valence-electron chi connectivity index (χ3n) is 3.82. The van der Waals surface area contributed by atoms with Crippen LogP contribution in [0.5, 0.6) is 0 Å². The minimum absolute atomic E-state index is 0.0372. The van der Waals surface area contributed by atoms with E-state index in [1.807, 2.05) is 72.8 Å². The number of hydrogen-bond acceptors (Lipinski definition) is 2. The van der Waals surface area contributed by atoms with Gasteiger partial charge in [0, 0.05) is 22.1 Å². The van der Waals surface area contributed by atoms with Gasteiger partial charge in [-0.3, -0.25) is 4.79 Å². The predicted octanol–water partition coefficient (Wildman–Crippen LogP) is 7.10. The molecule has 0 aliphatic heterocycles. The van der Waals surface area contributed by atoms with Crippen molar-refractivity contribution in [2.45, 2.75) is 16.6 Å². The molecule has 25 heavy (non-hydrogen) atoms. The van der Waals surface area contributed by atoms with Gasteiger partial charge in [0.25, 0.3) is 0 Å². The molecule has 0 saturated heterocycles. The van der Waals surface area contributed by atoms with E-state index in [1.165, 1.54) is 0 Å². The van der Waals surface area contributed by atoms with Gasteiger partial charge in [-0.15, -0.1) is 11.8 Å². The van der Waals surface area contributed by atoms with Crippen molar-refractivity contribution in [3.8, 4) is 0 Å². The van der Waals surface area contributed by atoms with Gasteiger partial charge in [0.05, 0.1) is 10.0 Å². The fourth-order valence-electron chi connectivity index (χ4n) is 2.53. The predicted molar refractivity (Wildman–Crippen MR) is 107 cm³/mol. The lowest BCUT2D eigenvalue weighted by Gasteiger charge is -2.17. The van der Waals surface area contributed by atoms with Crippen LogP contribution in [0.1, 0.15) is 27.6 Å². The zero-order valence-electron chi connectivity index (χ0n) is 13.4. The third kappa shape index (κ3) is 4.66. The summed E-state index contributed by atoms with van der Waals surface area (Å²) in [5, 5.41) is 1.01. The van der Waals surface area contributed by atoms with Crippen molar-refractivity contribution in [3.05, 3.63) is 100 Å². The fraction of sp³-hybridized carbons (Fsp3) is 0.0952. The molecule has 0 bridgehead atoms. The first-order chi connectivity index (χ1) is 12.1.